The third kappa shape index (κ3) is 35.3. The minimum absolute atomic E-state index is 0.0127. The first-order valence-electron chi connectivity index (χ1n) is 41.9. The fourth-order valence-corrected chi connectivity index (χ4v) is 14.0. The zero-order valence-electron chi connectivity index (χ0n) is 77.0. The van der Waals surface area contributed by atoms with E-state index in [0.29, 0.717) is 71.6 Å². The number of Topliss-reactive ketones (excluding diaryl/α,β-unsaturated/α-hetero) is 1. The Balaban J connectivity index is 0.000000310. The molecule has 37 heteroatoms. The zero-order chi connectivity index (χ0) is 93.0. The van der Waals surface area contributed by atoms with Gasteiger partial charge < -0.3 is 81.4 Å². The van der Waals surface area contributed by atoms with Crippen molar-refractivity contribution in [2.24, 2.45) is 35.5 Å². The van der Waals surface area contributed by atoms with Crippen molar-refractivity contribution in [2.45, 2.75) is 287 Å². The molecule has 6 atom stereocenters. The molecule has 0 aliphatic carbocycles. The Morgan fingerprint density at radius 3 is 1.15 bits per heavy atom. The van der Waals surface area contributed by atoms with E-state index in [1.54, 1.807) is 81.4 Å². The summed E-state index contributed by atoms with van der Waals surface area (Å²) in [6.07, 6.45) is 10.6. The number of carboxylic acids is 1. The number of fused-ring (bicyclic) bond motifs is 1. The van der Waals surface area contributed by atoms with E-state index in [1.807, 2.05) is 123 Å². The molecule has 7 saturated heterocycles. The highest BCUT2D eigenvalue weighted by molar-refractivity contribution is 7.87. The summed E-state index contributed by atoms with van der Waals surface area (Å²) in [6, 6.07) is 1.96. The quantitative estimate of drug-likeness (QED) is 0.0527. The number of piperidine rings is 6. The Labute approximate surface area is 720 Å². The summed E-state index contributed by atoms with van der Waals surface area (Å²) in [5, 5.41) is 11.1. The number of rotatable bonds is 11. The van der Waals surface area contributed by atoms with Crippen LogP contribution in [0.3, 0.4) is 0 Å². The number of halogens is 3. The number of hydrogen-bond donors (Lipinski definition) is 2. The van der Waals surface area contributed by atoms with Gasteiger partial charge in [-0.1, -0.05) is 13.2 Å². The number of carboxylic acid groups (broad SMARTS) is 1. The largest absolute Gasteiger partial charge is 0.534 e. The second-order valence-corrected chi connectivity index (χ2v) is 40.2. The maximum absolute atomic E-state index is 12.3. The van der Waals surface area contributed by atoms with Crippen LogP contribution >= 0.6 is 0 Å². The van der Waals surface area contributed by atoms with E-state index >= 15 is 0 Å². The third-order valence-corrected chi connectivity index (χ3v) is 21.5. The molecule has 6 unspecified atom stereocenters. The van der Waals surface area contributed by atoms with Gasteiger partial charge in [0.15, 0.2) is 0 Å². The van der Waals surface area contributed by atoms with E-state index in [4.69, 9.17) is 47.7 Å². The molecular weight excluding hydrogens is 1610 g/mol. The number of aromatic amines is 1. The maximum atomic E-state index is 12.3. The van der Waals surface area contributed by atoms with Crippen molar-refractivity contribution in [3.05, 3.63) is 55.3 Å². The first-order valence-corrected chi connectivity index (χ1v) is 43.3. The predicted octanol–water partition coefficient (Wildman–Crippen LogP) is 16.0. The van der Waals surface area contributed by atoms with Crippen LogP contribution in [0.1, 0.15) is 242 Å². The van der Waals surface area contributed by atoms with Crippen molar-refractivity contribution in [3.8, 4) is 0 Å². The topological polar surface area (TPSA) is 365 Å². The summed E-state index contributed by atoms with van der Waals surface area (Å²) < 4.78 is 107. The highest BCUT2D eigenvalue weighted by Crippen LogP contribution is 2.42. The highest BCUT2D eigenvalue weighted by atomic mass is 32.2. The van der Waals surface area contributed by atoms with Crippen LogP contribution in [-0.2, 0) is 71.3 Å². The smallest absolute Gasteiger partial charge is 0.481 e. The number of likely N-dealkylation sites (tertiary alicyclic amines) is 6. The molecule has 7 amide bonds. The van der Waals surface area contributed by atoms with Crippen molar-refractivity contribution < 1.29 is 117 Å². The van der Waals surface area contributed by atoms with Gasteiger partial charge in [0.1, 0.15) is 57.1 Å². The van der Waals surface area contributed by atoms with Gasteiger partial charge in [-0.05, 0) is 259 Å². The number of H-pyrrole nitrogens is 1. The molecule has 9 rings (SSSR count). The number of nitrogens with one attached hydrogen (secondary N) is 1. The van der Waals surface area contributed by atoms with E-state index in [1.165, 1.54) is 22.0 Å². The number of aromatic nitrogens is 3. The van der Waals surface area contributed by atoms with Gasteiger partial charge in [0, 0.05) is 115 Å². The SMILES string of the molecule is C=C(B1OC(C)(C)C(C)(C)O1)C1CCCN(C(=O)OC(C)(C)C)C1.C=C(OS(=O)(=O)C(F)(F)F)C1CCCN(C(=O)OC(C)(C)C)C1.C=C(c1ncnc2[nH]ccc12)C1CCCN(C(=O)OC(C)(C)C)C1.CC(=O)C1CCCN(C(=O)OC(C)(C)C)C1.CC(C)(C)OC(=O)N1CCCC(C(=O)O)C1.CON(C)C(=O)C1CCCN(C(=O)OC(C)(C)C)C1. The molecular formula is C85H140BF3N10O22S. The van der Waals surface area contributed by atoms with Crippen LogP contribution in [0.5, 0.6) is 0 Å². The summed E-state index contributed by atoms with van der Waals surface area (Å²) >= 11 is 0. The molecule has 2 N–H and O–H groups in total. The zero-order valence-corrected chi connectivity index (χ0v) is 77.8. The standard InChI is InChI=1S/C18H32BNO4.C18H24N4O2.C13H20F3NO5S.C13H24N2O4.C12H21NO3.C11H19NO4/c1-13(19-23-17(5,6)18(7,8)24-19)14-10-9-11-20(12-14)15(21)22-16(2,3)4;1-12(15-14-7-8-19-16(14)21-11-20-15)13-6-5-9-22(10-13)17(23)24-18(2,3)4;1-9(22-23(19,20)13(14,15)16)10-6-5-7-17(8-10)11(18)21-12(2,3)4;1-13(2,3)19-12(17)15-8-6-7-10(9-15)11(16)14(4)18-5;1-9(14)10-6-5-7-13(8-10)11(15)16-12(2,3)4;1-11(2,3)16-10(15)12-6-4-5-8(7-12)9(13)14/h14H,1,9-12H2,2-8H3;7-8,11,13H,1,5-6,9-10H2,2-4H3,(H,19,20,21);10H,1,5-8H2,2-4H3;10H,6-9H2,1-5H3;10H,5-8H2,1-4H3;8H,4-7H2,1-3H3,(H,13,14). The number of carbonyl (C=O) groups excluding carboxylic acids is 8. The molecule has 122 heavy (non-hydrogen) atoms. The van der Waals surface area contributed by atoms with Gasteiger partial charge in [-0.2, -0.15) is 21.6 Å². The average Bonchev–Trinajstić information content (AvgIpc) is 1.60. The van der Waals surface area contributed by atoms with E-state index < -0.39 is 92.1 Å². The molecule has 9 heterocycles. The van der Waals surface area contributed by atoms with Gasteiger partial charge in [0.2, 0.25) is 0 Å². The first kappa shape index (κ1) is 106. The highest BCUT2D eigenvalue weighted by Gasteiger charge is 2.54. The number of hydrogen-bond acceptors (Lipinski definition) is 23. The lowest BCUT2D eigenvalue weighted by molar-refractivity contribution is -0.174. The van der Waals surface area contributed by atoms with Gasteiger partial charge in [0.05, 0.1) is 35.8 Å². The summed E-state index contributed by atoms with van der Waals surface area (Å²) in [6.45, 7) is 60.3. The van der Waals surface area contributed by atoms with E-state index in [-0.39, 0.29) is 84.0 Å². The van der Waals surface area contributed by atoms with Crippen molar-refractivity contribution in [3.63, 3.8) is 0 Å². The summed E-state index contributed by atoms with van der Waals surface area (Å²) in [5.41, 5.74) is -5.93. The van der Waals surface area contributed by atoms with Crippen molar-refractivity contribution in [2.75, 3.05) is 92.7 Å². The Bertz CT molecular complexity index is 3950. The number of carbonyl (C=O) groups is 9. The second kappa shape index (κ2) is 43.9. The monoisotopic (exact) mass is 1750 g/mol. The number of alkyl halides is 3. The third-order valence-electron chi connectivity index (χ3n) is 20.5. The Kier molecular flexibility index (Phi) is 38.1. The van der Waals surface area contributed by atoms with Crippen LogP contribution in [-0.4, -0.2) is 267 Å². The van der Waals surface area contributed by atoms with Crippen LogP contribution in [0, 0.1) is 35.5 Å². The van der Waals surface area contributed by atoms with Crippen LogP contribution in [0.2, 0.25) is 0 Å². The summed E-state index contributed by atoms with van der Waals surface area (Å²) in [4.78, 5) is 132. The molecule has 692 valence electrons. The number of ketones is 1. The second-order valence-electron chi connectivity index (χ2n) is 38.7. The number of amides is 7. The van der Waals surface area contributed by atoms with Gasteiger partial charge >= 0.3 is 65.3 Å². The van der Waals surface area contributed by atoms with E-state index in [9.17, 15) is 64.7 Å². The Morgan fingerprint density at radius 1 is 0.500 bits per heavy atom. The fraction of sp³-hybridized carbons (Fsp3) is 0.753. The van der Waals surface area contributed by atoms with Crippen LogP contribution < -0.4 is 0 Å². The Morgan fingerprint density at radius 2 is 0.803 bits per heavy atom. The van der Waals surface area contributed by atoms with E-state index in [2.05, 4.69) is 38.9 Å². The van der Waals surface area contributed by atoms with Crippen LogP contribution in [0.4, 0.5) is 41.9 Å². The van der Waals surface area contributed by atoms with Gasteiger partial charge in [-0.25, -0.2) is 43.8 Å². The number of nitrogens with zero attached hydrogens (tertiary/aromatic N) is 9. The molecule has 32 nitrogen and oxygen atoms in total. The van der Waals surface area contributed by atoms with Gasteiger partial charge in [0.25, 0.3) is 5.91 Å². The molecule has 0 radical (unpaired) electrons. The summed E-state index contributed by atoms with van der Waals surface area (Å²) in [7, 11) is -3.14. The van der Waals surface area contributed by atoms with Crippen LogP contribution in [0.25, 0.3) is 16.6 Å². The van der Waals surface area contributed by atoms with Crippen molar-refractivity contribution >= 4 is 88.1 Å². The molecule has 7 aliphatic heterocycles. The lowest BCUT2D eigenvalue weighted by Gasteiger charge is -2.35. The fourth-order valence-electron chi connectivity index (χ4n) is 13.5. The number of hydroxylamine groups is 2. The lowest BCUT2D eigenvalue weighted by atomic mass is 9.69. The van der Waals surface area contributed by atoms with Gasteiger partial charge in [-0.15, -0.1) is 6.58 Å². The molecule has 2 aromatic heterocycles. The van der Waals surface area contributed by atoms with Crippen molar-refractivity contribution in [1.82, 2.24) is 49.4 Å². The molecule has 2 aromatic rings. The molecule has 7 aliphatic rings. The summed E-state index contributed by atoms with van der Waals surface area (Å²) in [5.74, 6) is -2.37. The molecule has 0 aromatic carbocycles. The Hall–Kier alpha value is -8.45. The minimum Gasteiger partial charge on any atom is -0.481 e. The normalized spacial score (nSPS) is 21.5. The van der Waals surface area contributed by atoms with Crippen molar-refractivity contribution in [1.29, 1.82) is 0 Å². The molecule has 0 saturated carbocycles. The lowest BCUT2D eigenvalue weighted by Crippen LogP contribution is -2.47. The van der Waals surface area contributed by atoms with Gasteiger partial charge in [-0.3, -0.25) is 19.2 Å². The maximum Gasteiger partial charge on any atom is 0.534 e. The predicted molar refractivity (Wildman–Crippen MR) is 455 cm³/mol. The molecule has 0 bridgehead atoms. The molecule has 0 spiro atoms. The van der Waals surface area contributed by atoms with E-state index in [0.717, 1.165) is 98.6 Å². The molecule has 7 fully saturated rings. The minimum atomic E-state index is -5.75. The number of aliphatic carboxylic acids is 1. The van der Waals surface area contributed by atoms with Crippen LogP contribution in [0.15, 0.2) is 49.6 Å². The first-order chi connectivity index (χ1) is 55.7. The number of ether oxygens (including phenoxy) is 6. The average molecular weight is 1750 g/mol.